The Kier molecular flexibility index (Phi) is 2.24. The van der Waals surface area contributed by atoms with Crippen molar-refractivity contribution in [1.82, 2.24) is 0 Å². The van der Waals surface area contributed by atoms with Gasteiger partial charge < -0.3 is 20.1 Å². The van der Waals surface area contributed by atoms with Crippen LogP contribution in [0.2, 0.25) is 0 Å². The maximum absolute atomic E-state index is 13.6. The van der Waals surface area contributed by atoms with Crippen LogP contribution in [0.1, 0.15) is 13.3 Å². The summed E-state index contributed by atoms with van der Waals surface area (Å²) >= 11 is 0. The average molecular weight is 208 g/mol. The first-order valence-electron chi connectivity index (χ1n) is 3.80. The van der Waals surface area contributed by atoms with E-state index < -0.39 is 35.9 Å². The summed E-state index contributed by atoms with van der Waals surface area (Å²) in [6.07, 6.45) is -1.68. The largest absolute Gasteiger partial charge is 0.479 e. The van der Waals surface area contributed by atoms with E-state index in [0.717, 1.165) is 0 Å². The van der Waals surface area contributed by atoms with Gasteiger partial charge in [-0.15, -0.1) is 0 Å². The fourth-order valence-corrected chi connectivity index (χ4v) is 1.41. The highest BCUT2D eigenvalue weighted by atomic mass is 19.1. The lowest BCUT2D eigenvalue weighted by molar-refractivity contribution is -0.248. The molecule has 1 saturated heterocycles. The van der Waals surface area contributed by atoms with Crippen LogP contribution >= 0.6 is 0 Å². The normalized spacial score (nSPS) is 42.4. The summed E-state index contributed by atoms with van der Waals surface area (Å²) in [4.78, 5) is 21.0. The van der Waals surface area contributed by atoms with Crippen molar-refractivity contribution in [2.24, 2.45) is 0 Å². The summed E-state index contributed by atoms with van der Waals surface area (Å²) in [6.45, 7) is 1.28. The zero-order chi connectivity index (χ0) is 11.1. The van der Waals surface area contributed by atoms with Gasteiger partial charge in [0.05, 0.1) is 6.10 Å². The van der Waals surface area contributed by atoms with Crippen molar-refractivity contribution >= 4 is 11.9 Å². The number of halogens is 1. The molecule has 1 rings (SSSR count). The molecule has 3 atom stereocenters. The molecule has 0 amide bonds. The number of rotatable bonds is 2. The lowest BCUT2D eigenvalue weighted by atomic mass is 9.93. The Morgan fingerprint density at radius 3 is 2.21 bits per heavy atom. The van der Waals surface area contributed by atoms with Crippen LogP contribution in [0, 0.1) is 0 Å². The van der Waals surface area contributed by atoms with E-state index in [1.807, 2.05) is 0 Å². The third kappa shape index (κ3) is 1.17. The van der Waals surface area contributed by atoms with Crippen molar-refractivity contribution in [3.05, 3.63) is 0 Å². The third-order valence-electron chi connectivity index (χ3n) is 2.11. The average Bonchev–Trinajstić information content (AvgIpc) is 2.24. The molecule has 3 N–H and O–H groups in total. The van der Waals surface area contributed by atoms with Gasteiger partial charge in [-0.2, -0.15) is 0 Å². The molecule has 1 aliphatic heterocycles. The van der Waals surface area contributed by atoms with E-state index in [9.17, 15) is 19.1 Å². The monoisotopic (exact) mass is 208 g/mol. The molecule has 80 valence electrons. The van der Waals surface area contributed by atoms with Crippen LogP contribution in [0.25, 0.3) is 0 Å². The van der Waals surface area contributed by atoms with E-state index >= 15 is 0 Å². The number of aliphatic carboxylic acids is 2. The highest BCUT2D eigenvalue weighted by Crippen LogP contribution is 2.41. The topological polar surface area (TPSA) is 104 Å². The molecule has 0 aromatic carbocycles. The number of alkyl halides is 1. The Bertz CT molecular complexity index is 264. The van der Waals surface area contributed by atoms with E-state index in [4.69, 9.17) is 10.2 Å². The Balaban J connectivity index is 3.17. The fraction of sp³-hybridized carbons (Fsp3) is 0.714. The first-order valence-corrected chi connectivity index (χ1v) is 3.80. The quantitative estimate of drug-likeness (QED) is 0.557. The van der Waals surface area contributed by atoms with Crippen LogP contribution in [0.3, 0.4) is 0 Å². The molecule has 3 unspecified atom stereocenters. The van der Waals surface area contributed by atoms with Crippen molar-refractivity contribution < 1.29 is 34.0 Å². The van der Waals surface area contributed by atoms with Crippen LogP contribution < -0.4 is 0 Å². The second-order valence-corrected chi connectivity index (χ2v) is 3.19. The standard InChI is InChI=1S/C7H9FO6/c1-3-2-6(8,4(9)10)7(13,14-3)5(11)12/h3,13H,2H2,1H3,(H,9,10)(H,11,12). The first kappa shape index (κ1) is 10.9. The Labute approximate surface area is 77.9 Å². The van der Waals surface area contributed by atoms with Gasteiger partial charge in [-0.25, -0.2) is 14.0 Å². The van der Waals surface area contributed by atoms with Crippen molar-refractivity contribution in [2.45, 2.75) is 30.9 Å². The fourth-order valence-electron chi connectivity index (χ4n) is 1.41. The number of carbonyl (C=O) groups is 2. The lowest BCUT2D eigenvalue weighted by Gasteiger charge is -2.26. The summed E-state index contributed by atoms with van der Waals surface area (Å²) in [5.41, 5.74) is -3.31. The molecule has 1 fully saturated rings. The van der Waals surface area contributed by atoms with E-state index in [2.05, 4.69) is 4.74 Å². The predicted molar refractivity (Wildman–Crippen MR) is 39.2 cm³/mol. The molecule has 0 aromatic rings. The summed E-state index contributed by atoms with van der Waals surface area (Å²) in [5, 5.41) is 26.2. The molecule has 0 bridgehead atoms. The molecule has 7 heteroatoms. The van der Waals surface area contributed by atoms with Crippen molar-refractivity contribution in [3.8, 4) is 0 Å². The number of carboxylic acid groups (broad SMARTS) is 2. The molecule has 6 nitrogen and oxygen atoms in total. The molecule has 0 spiro atoms. The highest BCUT2D eigenvalue weighted by molar-refractivity contribution is 5.90. The van der Waals surface area contributed by atoms with E-state index in [1.54, 1.807) is 0 Å². The van der Waals surface area contributed by atoms with Gasteiger partial charge in [0, 0.05) is 6.42 Å². The summed E-state index contributed by atoms with van der Waals surface area (Å²) in [7, 11) is 0. The summed E-state index contributed by atoms with van der Waals surface area (Å²) in [6, 6.07) is 0. The Morgan fingerprint density at radius 2 is 1.93 bits per heavy atom. The SMILES string of the molecule is CC1CC(F)(C(=O)O)C(O)(C(=O)O)O1. The molecule has 1 heterocycles. The van der Waals surface area contributed by atoms with Gasteiger partial charge in [-0.1, -0.05) is 0 Å². The second-order valence-electron chi connectivity index (χ2n) is 3.19. The zero-order valence-corrected chi connectivity index (χ0v) is 7.23. The minimum absolute atomic E-state index is 0.703. The van der Waals surface area contributed by atoms with Crippen LogP contribution in [0.4, 0.5) is 4.39 Å². The van der Waals surface area contributed by atoms with Crippen LogP contribution in [0.15, 0.2) is 0 Å². The van der Waals surface area contributed by atoms with Gasteiger partial charge in [-0.3, -0.25) is 0 Å². The maximum atomic E-state index is 13.6. The second kappa shape index (κ2) is 2.89. The molecular weight excluding hydrogens is 199 g/mol. The number of carboxylic acids is 2. The van der Waals surface area contributed by atoms with Gasteiger partial charge in [0.1, 0.15) is 0 Å². The smallest absolute Gasteiger partial charge is 0.368 e. The number of hydrogen-bond acceptors (Lipinski definition) is 4. The van der Waals surface area contributed by atoms with Crippen LogP contribution in [-0.4, -0.2) is 44.8 Å². The van der Waals surface area contributed by atoms with E-state index in [0.29, 0.717) is 0 Å². The predicted octanol–water partition coefficient (Wildman–Crippen LogP) is -0.639. The highest BCUT2D eigenvalue weighted by Gasteiger charge is 2.69. The number of ether oxygens (including phenoxy) is 1. The number of hydrogen-bond donors (Lipinski definition) is 3. The zero-order valence-electron chi connectivity index (χ0n) is 7.23. The molecule has 14 heavy (non-hydrogen) atoms. The Hall–Kier alpha value is -1.21. The van der Waals surface area contributed by atoms with Gasteiger partial charge in [0.15, 0.2) is 0 Å². The van der Waals surface area contributed by atoms with E-state index in [1.165, 1.54) is 6.92 Å². The van der Waals surface area contributed by atoms with Crippen molar-refractivity contribution in [2.75, 3.05) is 0 Å². The van der Waals surface area contributed by atoms with Crippen LogP contribution in [-0.2, 0) is 14.3 Å². The number of aliphatic hydroxyl groups is 1. The van der Waals surface area contributed by atoms with Gasteiger partial charge in [0.25, 0.3) is 5.67 Å². The molecule has 0 saturated carbocycles. The van der Waals surface area contributed by atoms with E-state index in [-0.39, 0.29) is 0 Å². The van der Waals surface area contributed by atoms with Crippen molar-refractivity contribution in [3.63, 3.8) is 0 Å². The molecule has 1 aliphatic rings. The first-order chi connectivity index (χ1) is 6.24. The van der Waals surface area contributed by atoms with Gasteiger partial charge in [0.2, 0.25) is 0 Å². The molecule has 0 radical (unpaired) electrons. The summed E-state index contributed by atoms with van der Waals surface area (Å²) < 4.78 is 18.0. The summed E-state index contributed by atoms with van der Waals surface area (Å²) in [5.74, 6) is -7.41. The molecule has 0 aliphatic carbocycles. The maximum Gasteiger partial charge on any atom is 0.368 e. The third-order valence-corrected chi connectivity index (χ3v) is 2.11. The minimum atomic E-state index is -3.31. The minimum Gasteiger partial charge on any atom is -0.479 e. The van der Waals surface area contributed by atoms with Crippen molar-refractivity contribution in [1.29, 1.82) is 0 Å². The lowest BCUT2D eigenvalue weighted by Crippen LogP contribution is -2.58. The van der Waals surface area contributed by atoms with Gasteiger partial charge in [-0.05, 0) is 6.92 Å². The van der Waals surface area contributed by atoms with Gasteiger partial charge >= 0.3 is 17.7 Å². The molecular formula is C7H9FO6. The molecule has 0 aromatic heterocycles. The van der Waals surface area contributed by atoms with Crippen LogP contribution in [0.5, 0.6) is 0 Å². The Morgan fingerprint density at radius 1 is 1.43 bits per heavy atom.